The van der Waals surface area contributed by atoms with Gasteiger partial charge in [0.1, 0.15) is 17.4 Å². The number of rotatable bonds is 6. The quantitative estimate of drug-likeness (QED) is 0.583. The number of carboxylic acids is 1. The van der Waals surface area contributed by atoms with Gasteiger partial charge in [0.2, 0.25) is 5.91 Å². The zero-order valence-electron chi connectivity index (χ0n) is 17.2. The second-order valence-corrected chi connectivity index (χ2v) is 8.50. The molecular formula is C24H26N2O4. The topological polar surface area (TPSA) is 91.4 Å². The summed E-state index contributed by atoms with van der Waals surface area (Å²) in [4.78, 5) is 27.5. The molecule has 0 spiro atoms. The summed E-state index contributed by atoms with van der Waals surface area (Å²) < 4.78 is 5.99. The van der Waals surface area contributed by atoms with Gasteiger partial charge in [0, 0.05) is 23.5 Å². The Balaban J connectivity index is 1.43. The van der Waals surface area contributed by atoms with Crippen molar-refractivity contribution < 1.29 is 19.4 Å². The van der Waals surface area contributed by atoms with Crippen LogP contribution in [0.15, 0.2) is 48.7 Å². The van der Waals surface area contributed by atoms with Crippen molar-refractivity contribution in [2.24, 2.45) is 0 Å². The van der Waals surface area contributed by atoms with Gasteiger partial charge in [0.15, 0.2) is 0 Å². The number of aromatic nitrogens is 1. The van der Waals surface area contributed by atoms with E-state index in [2.05, 4.69) is 24.1 Å². The van der Waals surface area contributed by atoms with Gasteiger partial charge in [-0.1, -0.05) is 30.3 Å². The first kappa shape index (κ1) is 20.0. The van der Waals surface area contributed by atoms with Crippen molar-refractivity contribution >= 4 is 22.8 Å². The Hall–Kier alpha value is -3.28. The summed E-state index contributed by atoms with van der Waals surface area (Å²) in [5.74, 6) is -0.493. The summed E-state index contributed by atoms with van der Waals surface area (Å²) in [7, 11) is 0. The number of nitrogens with one attached hydrogen (secondary N) is 2. The number of benzene rings is 2. The van der Waals surface area contributed by atoms with Crippen LogP contribution in [0.1, 0.15) is 37.0 Å². The van der Waals surface area contributed by atoms with E-state index in [9.17, 15) is 14.7 Å². The van der Waals surface area contributed by atoms with Crippen LogP contribution in [0.4, 0.5) is 0 Å². The van der Waals surface area contributed by atoms with Crippen molar-refractivity contribution in [2.75, 3.05) is 0 Å². The van der Waals surface area contributed by atoms with Crippen molar-refractivity contribution in [2.45, 2.75) is 51.2 Å². The standard InChI is InChI=1S/C24H26N2O4/c1-24(2)10-9-16-11-15(7-8-21(16)30-24)12-22(27)26-20(23(28)29)13-17-14-25-19-6-4-3-5-18(17)19/h3-8,11,14,20,25H,9-10,12-13H2,1-2H3,(H,26,27)(H,28,29)/t20-/m0/s1. The lowest BCUT2D eigenvalue weighted by Gasteiger charge is -2.32. The lowest BCUT2D eigenvalue weighted by atomic mass is 9.93. The van der Waals surface area contributed by atoms with E-state index < -0.39 is 12.0 Å². The zero-order valence-corrected chi connectivity index (χ0v) is 17.2. The molecular weight excluding hydrogens is 380 g/mol. The van der Waals surface area contributed by atoms with Gasteiger partial charge < -0.3 is 20.1 Å². The molecule has 0 bridgehead atoms. The molecule has 1 aliphatic heterocycles. The Morgan fingerprint density at radius 3 is 2.83 bits per heavy atom. The molecule has 3 aromatic rings. The highest BCUT2D eigenvalue weighted by Crippen LogP contribution is 2.33. The Morgan fingerprint density at radius 2 is 2.03 bits per heavy atom. The lowest BCUT2D eigenvalue weighted by Crippen LogP contribution is -2.43. The van der Waals surface area contributed by atoms with Crippen LogP contribution >= 0.6 is 0 Å². The summed E-state index contributed by atoms with van der Waals surface area (Å²) in [5, 5.41) is 13.3. The van der Waals surface area contributed by atoms with Gasteiger partial charge in [0.05, 0.1) is 6.42 Å². The summed E-state index contributed by atoms with van der Waals surface area (Å²) in [5.41, 5.74) is 3.58. The largest absolute Gasteiger partial charge is 0.488 e. The molecule has 156 valence electrons. The van der Waals surface area contributed by atoms with E-state index in [1.165, 1.54) is 0 Å². The van der Waals surface area contributed by atoms with Crippen LogP contribution in [-0.4, -0.2) is 33.6 Å². The third-order valence-corrected chi connectivity index (χ3v) is 5.60. The number of hydrogen-bond acceptors (Lipinski definition) is 3. The minimum Gasteiger partial charge on any atom is -0.488 e. The van der Waals surface area contributed by atoms with E-state index in [-0.39, 0.29) is 24.3 Å². The van der Waals surface area contributed by atoms with Crippen molar-refractivity contribution in [3.8, 4) is 5.75 Å². The average Bonchev–Trinajstić information content (AvgIpc) is 3.10. The molecule has 0 unspecified atom stereocenters. The molecule has 0 aliphatic carbocycles. The normalized spacial score (nSPS) is 15.8. The fraction of sp³-hybridized carbons (Fsp3) is 0.333. The highest BCUT2D eigenvalue weighted by Gasteiger charge is 2.27. The minimum absolute atomic E-state index is 0.133. The number of hydrogen-bond donors (Lipinski definition) is 3. The van der Waals surface area contributed by atoms with E-state index in [4.69, 9.17) is 4.74 Å². The smallest absolute Gasteiger partial charge is 0.326 e. The maximum Gasteiger partial charge on any atom is 0.326 e. The van der Waals surface area contributed by atoms with Crippen molar-refractivity contribution in [3.63, 3.8) is 0 Å². The number of amides is 1. The molecule has 30 heavy (non-hydrogen) atoms. The summed E-state index contributed by atoms with van der Waals surface area (Å²) in [6, 6.07) is 12.5. The average molecular weight is 406 g/mol. The summed E-state index contributed by atoms with van der Waals surface area (Å²) in [6.45, 7) is 4.13. The van der Waals surface area contributed by atoms with Gasteiger partial charge >= 0.3 is 5.97 Å². The number of fused-ring (bicyclic) bond motifs is 2. The first-order chi connectivity index (χ1) is 14.3. The van der Waals surface area contributed by atoms with Crippen LogP contribution in [0.3, 0.4) is 0 Å². The number of H-pyrrole nitrogens is 1. The number of carbonyl (C=O) groups excluding carboxylic acids is 1. The van der Waals surface area contributed by atoms with Crippen LogP contribution in [-0.2, 0) is 28.9 Å². The number of para-hydroxylation sites is 1. The zero-order chi connectivity index (χ0) is 21.3. The first-order valence-electron chi connectivity index (χ1n) is 10.2. The fourth-order valence-corrected chi connectivity index (χ4v) is 3.97. The minimum atomic E-state index is -1.05. The van der Waals surface area contributed by atoms with Crippen molar-refractivity contribution in [1.29, 1.82) is 0 Å². The maximum absolute atomic E-state index is 12.6. The second-order valence-electron chi connectivity index (χ2n) is 8.50. The van der Waals surface area contributed by atoms with E-state index in [0.29, 0.717) is 0 Å². The third-order valence-electron chi connectivity index (χ3n) is 5.60. The SMILES string of the molecule is CC1(C)CCc2cc(CC(=O)N[C@@H](Cc3c[nH]c4ccccc34)C(=O)O)ccc2O1. The highest BCUT2D eigenvalue weighted by atomic mass is 16.5. The molecule has 2 heterocycles. The number of carboxylic acid groups (broad SMARTS) is 1. The van der Waals surface area contributed by atoms with Crippen LogP contribution < -0.4 is 10.1 Å². The first-order valence-corrected chi connectivity index (χ1v) is 10.2. The van der Waals surface area contributed by atoms with Gasteiger partial charge in [0.25, 0.3) is 0 Å². The fourth-order valence-electron chi connectivity index (χ4n) is 3.97. The summed E-state index contributed by atoms with van der Waals surface area (Å²) in [6.07, 6.45) is 3.97. The Morgan fingerprint density at radius 1 is 1.23 bits per heavy atom. The molecule has 0 radical (unpaired) electrons. The van der Waals surface area contributed by atoms with Crippen LogP contribution in [0.25, 0.3) is 10.9 Å². The number of ether oxygens (including phenoxy) is 1. The molecule has 1 amide bonds. The van der Waals surface area contributed by atoms with E-state index in [0.717, 1.165) is 46.2 Å². The molecule has 1 aliphatic rings. The maximum atomic E-state index is 12.6. The molecule has 6 nitrogen and oxygen atoms in total. The molecule has 1 atom stereocenters. The Kier molecular flexibility index (Phi) is 5.24. The van der Waals surface area contributed by atoms with Crippen LogP contribution in [0, 0.1) is 0 Å². The highest BCUT2D eigenvalue weighted by molar-refractivity contribution is 5.87. The molecule has 0 saturated carbocycles. The number of aliphatic carboxylic acids is 1. The molecule has 2 aromatic carbocycles. The van der Waals surface area contributed by atoms with Crippen LogP contribution in [0.2, 0.25) is 0 Å². The van der Waals surface area contributed by atoms with Gasteiger partial charge in [-0.15, -0.1) is 0 Å². The molecule has 0 fully saturated rings. The van der Waals surface area contributed by atoms with E-state index in [1.54, 1.807) is 6.20 Å². The monoisotopic (exact) mass is 406 g/mol. The van der Waals surface area contributed by atoms with Gasteiger partial charge in [-0.25, -0.2) is 4.79 Å². The van der Waals surface area contributed by atoms with Gasteiger partial charge in [-0.3, -0.25) is 4.79 Å². The van der Waals surface area contributed by atoms with Gasteiger partial charge in [-0.2, -0.15) is 0 Å². The second kappa shape index (κ2) is 7.86. The van der Waals surface area contributed by atoms with E-state index in [1.807, 2.05) is 42.5 Å². The molecule has 0 saturated heterocycles. The predicted octanol–water partition coefficient (Wildman–Crippen LogP) is 3.63. The predicted molar refractivity (Wildman–Crippen MR) is 115 cm³/mol. The summed E-state index contributed by atoms with van der Waals surface area (Å²) >= 11 is 0. The Labute approximate surface area is 175 Å². The van der Waals surface area contributed by atoms with Crippen molar-refractivity contribution in [1.82, 2.24) is 10.3 Å². The number of carbonyl (C=O) groups is 2. The Bertz CT molecular complexity index is 1100. The van der Waals surface area contributed by atoms with Crippen molar-refractivity contribution in [3.05, 3.63) is 65.4 Å². The molecule has 3 N–H and O–H groups in total. The lowest BCUT2D eigenvalue weighted by molar-refractivity contribution is -0.141. The third kappa shape index (κ3) is 4.32. The van der Waals surface area contributed by atoms with Crippen LogP contribution in [0.5, 0.6) is 5.75 Å². The number of aryl methyl sites for hydroxylation is 1. The number of aromatic amines is 1. The molecule has 4 rings (SSSR count). The molecule has 6 heteroatoms. The van der Waals surface area contributed by atoms with Gasteiger partial charge in [-0.05, 0) is 55.5 Å². The van der Waals surface area contributed by atoms with E-state index >= 15 is 0 Å². The molecule has 1 aromatic heterocycles.